The lowest BCUT2D eigenvalue weighted by Crippen LogP contribution is -2.15. The Kier molecular flexibility index (Phi) is 3.28. The van der Waals surface area contributed by atoms with Crippen LogP contribution < -0.4 is 5.73 Å². The van der Waals surface area contributed by atoms with Crippen molar-refractivity contribution in [3.63, 3.8) is 0 Å². The molecule has 0 aliphatic heterocycles. The molecule has 0 aliphatic rings. The average molecular weight is 265 g/mol. The van der Waals surface area contributed by atoms with Gasteiger partial charge in [-0.25, -0.2) is 4.98 Å². The minimum Gasteiger partial charge on any atom is -0.341 e. The zero-order valence-corrected chi connectivity index (χ0v) is 11.9. The SMILES string of the molecule is Cc1cc2nc(C(CN)c3ccccc3)[nH]c2cc1C. The molecular weight excluding hydrogens is 246 g/mol. The number of nitrogens with two attached hydrogens (primary N) is 1. The smallest absolute Gasteiger partial charge is 0.116 e. The summed E-state index contributed by atoms with van der Waals surface area (Å²) in [5.41, 5.74) is 11.8. The maximum atomic E-state index is 5.96. The van der Waals surface area contributed by atoms with Crippen molar-refractivity contribution in [1.29, 1.82) is 0 Å². The molecule has 0 spiro atoms. The van der Waals surface area contributed by atoms with Gasteiger partial charge in [-0.15, -0.1) is 0 Å². The van der Waals surface area contributed by atoms with Gasteiger partial charge in [0.1, 0.15) is 5.82 Å². The first kappa shape index (κ1) is 12.9. The first-order valence-electron chi connectivity index (χ1n) is 6.91. The maximum absolute atomic E-state index is 5.96. The Morgan fingerprint density at radius 1 is 1.10 bits per heavy atom. The molecule has 0 radical (unpaired) electrons. The molecule has 0 saturated heterocycles. The highest BCUT2D eigenvalue weighted by Gasteiger charge is 2.16. The Labute approximate surface area is 118 Å². The van der Waals surface area contributed by atoms with E-state index in [1.807, 2.05) is 18.2 Å². The molecule has 102 valence electrons. The van der Waals surface area contributed by atoms with Crippen molar-refractivity contribution in [3.05, 3.63) is 65.0 Å². The van der Waals surface area contributed by atoms with Crippen LogP contribution in [-0.4, -0.2) is 16.5 Å². The molecule has 1 atom stereocenters. The summed E-state index contributed by atoms with van der Waals surface area (Å²) < 4.78 is 0. The summed E-state index contributed by atoms with van der Waals surface area (Å²) in [5, 5.41) is 0. The van der Waals surface area contributed by atoms with Crippen LogP contribution in [0, 0.1) is 13.8 Å². The van der Waals surface area contributed by atoms with Crippen molar-refractivity contribution in [3.8, 4) is 0 Å². The zero-order chi connectivity index (χ0) is 14.1. The number of aromatic amines is 1. The minimum absolute atomic E-state index is 0.115. The molecule has 0 fully saturated rings. The fourth-order valence-corrected chi connectivity index (χ4v) is 2.55. The normalized spacial score (nSPS) is 12.8. The molecule has 0 saturated carbocycles. The molecule has 0 aliphatic carbocycles. The van der Waals surface area contributed by atoms with Crippen LogP contribution in [0.1, 0.15) is 28.4 Å². The molecule has 1 unspecified atom stereocenters. The molecule has 3 aromatic rings. The Balaban J connectivity index is 2.09. The standard InChI is InChI=1S/C17H19N3/c1-11-8-15-16(9-12(11)2)20-17(19-15)14(10-18)13-6-4-3-5-7-13/h3-9,14H,10,18H2,1-2H3,(H,19,20). The van der Waals surface area contributed by atoms with Gasteiger partial charge in [-0.2, -0.15) is 0 Å². The van der Waals surface area contributed by atoms with Gasteiger partial charge >= 0.3 is 0 Å². The van der Waals surface area contributed by atoms with Crippen molar-refractivity contribution >= 4 is 11.0 Å². The predicted octanol–water partition coefficient (Wildman–Crippen LogP) is 3.27. The van der Waals surface area contributed by atoms with E-state index in [-0.39, 0.29) is 5.92 Å². The van der Waals surface area contributed by atoms with Gasteiger partial charge in [-0.3, -0.25) is 0 Å². The van der Waals surface area contributed by atoms with Crippen LogP contribution >= 0.6 is 0 Å². The van der Waals surface area contributed by atoms with E-state index in [0.717, 1.165) is 16.9 Å². The first-order valence-corrected chi connectivity index (χ1v) is 6.91. The first-order chi connectivity index (χ1) is 9.69. The Hall–Kier alpha value is -2.13. The molecule has 1 heterocycles. The second-order valence-electron chi connectivity index (χ2n) is 5.27. The number of H-pyrrole nitrogens is 1. The fraction of sp³-hybridized carbons (Fsp3) is 0.235. The lowest BCUT2D eigenvalue weighted by atomic mass is 9.99. The van der Waals surface area contributed by atoms with Crippen LogP contribution in [-0.2, 0) is 0 Å². The van der Waals surface area contributed by atoms with Gasteiger partial charge in [0.2, 0.25) is 0 Å². The molecule has 3 N–H and O–H groups in total. The third-order valence-electron chi connectivity index (χ3n) is 3.88. The van der Waals surface area contributed by atoms with Gasteiger partial charge in [0.15, 0.2) is 0 Å². The number of aromatic nitrogens is 2. The molecule has 2 aromatic carbocycles. The quantitative estimate of drug-likeness (QED) is 0.763. The average Bonchev–Trinajstić information content (AvgIpc) is 2.84. The van der Waals surface area contributed by atoms with Crippen LogP contribution in [0.5, 0.6) is 0 Å². The largest absolute Gasteiger partial charge is 0.341 e. The number of aryl methyl sites for hydroxylation is 2. The zero-order valence-electron chi connectivity index (χ0n) is 11.9. The third kappa shape index (κ3) is 2.21. The van der Waals surface area contributed by atoms with Crippen molar-refractivity contribution in [2.24, 2.45) is 5.73 Å². The molecule has 1 aromatic heterocycles. The minimum atomic E-state index is 0.115. The van der Waals surface area contributed by atoms with Crippen LogP contribution in [0.25, 0.3) is 11.0 Å². The lowest BCUT2D eigenvalue weighted by Gasteiger charge is -2.11. The lowest BCUT2D eigenvalue weighted by molar-refractivity contribution is 0.769. The van der Waals surface area contributed by atoms with E-state index in [1.54, 1.807) is 0 Å². The number of nitrogens with zero attached hydrogens (tertiary/aromatic N) is 1. The summed E-state index contributed by atoms with van der Waals surface area (Å²) in [6, 6.07) is 14.6. The number of rotatable bonds is 3. The van der Waals surface area contributed by atoms with Gasteiger partial charge in [-0.1, -0.05) is 30.3 Å². The van der Waals surface area contributed by atoms with E-state index >= 15 is 0 Å². The number of hydrogen-bond acceptors (Lipinski definition) is 2. The summed E-state index contributed by atoms with van der Waals surface area (Å²) in [4.78, 5) is 8.15. The molecule has 0 amide bonds. The number of nitrogens with one attached hydrogen (secondary N) is 1. The topological polar surface area (TPSA) is 54.7 Å². The van der Waals surface area contributed by atoms with Gasteiger partial charge in [0, 0.05) is 6.54 Å². The monoisotopic (exact) mass is 265 g/mol. The van der Waals surface area contributed by atoms with E-state index in [2.05, 4.69) is 43.1 Å². The number of fused-ring (bicyclic) bond motifs is 1. The predicted molar refractivity (Wildman–Crippen MR) is 82.9 cm³/mol. The fourth-order valence-electron chi connectivity index (χ4n) is 2.55. The second-order valence-corrected chi connectivity index (χ2v) is 5.27. The van der Waals surface area contributed by atoms with Gasteiger partial charge in [0.05, 0.1) is 17.0 Å². The number of hydrogen-bond donors (Lipinski definition) is 2. The summed E-state index contributed by atoms with van der Waals surface area (Å²) in [6.45, 7) is 4.77. The summed E-state index contributed by atoms with van der Waals surface area (Å²) >= 11 is 0. The Morgan fingerprint density at radius 2 is 1.80 bits per heavy atom. The summed E-state index contributed by atoms with van der Waals surface area (Å²) in [5.74, 6) is 1.06. The van der Waals surface area contributed by atoms with Crippen molar-refractivity contribution in [2.45, 2.75) is 19.8 Å². The van der Waals surface area contributed by atoms with E-state index < -0.39 is 0 Å². The van der Waals surface area contributed by atoms with E-state index in [1.165, 1.54) is 16.7 Å². The van der Waals surface area contributed by atoms with E-state index in [0.29, 0.717) is 6.54 Å². The summed E-state index contributed by atoms with van der Waals surface area (Å²) in [6.07, 6.45) is 0. The van der Waals surface area contributed by atoms with Crippen molar-refractivity contribution in [1.82, 2.24) is 9.97 Å². The van der Waals surface area contributed by atoms with Crippen molar-refractivity contribution < 1.29 is 0 Å². The molecule has 20 heavy (non-hydrogen) atoms. The van der Waals surface area contributed by atoms with Crippen LogP contribution in [0.3, 0.4) is 0 Å². The van der Waals surface area contributed by atoms with Gasteiger partial charge in [0.25, 0.3) is 0 Å². The highest BCUT2D eigenvalue weighted by atomic mass is 14.9. The van der Waals surface area contributed by atoms with Crippen LogP contribution in [0.15, 0.2) is 42.5 Å². The van der Waals surface area contributed by atoms with Gasteiger partial charge < -0.3 is 10.7 Å². The van der Waals surface area contributed by atoms with Crippen LogP contribution in [0.4, 0.5) is 0 Å². The molecule has 3 nitrogen and oxygen atoms in total. The highest BCUT2D eigenvalue weighted by molar-refractivity contribution is 5.77. The highest BCUT2D eigenvalue weighted by Crippen LogP contribution is 2.25. The third-order valence-corrected chi connectivity index (χ3v) is 3.88. The molecule has 3 rings (SSSR count). The Bertz CT molecular complexity index is 690. The Morgan fingerprint density at radius 3 is 2.50 bits per heavy atom. The molecule has 3 heteroatoms. The number of imidazole rings is 1. The number of benzene rings is 2. The molecule has 0 bridgehead atoms. The van der Waals surface area contributed by atoms with Crippen molar-refractivity contribution in [2.75, 3.05) is 6.54 Å². The summed E-state index contributed by atoms with van der Waals surface area (Å²) in [7, 11) is 0. The molecular formula is C17H19N3. The van der Waals surface area contributed by atoms with Crippen LogP contribution in [0.2, 0.25) is 0 Å². The van der Waals surface area contributed by atoms with E-state index in [4.69, 9.17) is 10.7 Å². The van der Waals surface area contributed by atoms with Gasteiger partial charge in [-0.05, 0) is 42.7 Å². The second kappa shape index (κ2) is 5.10. The maximum Gasteiger partial charge on any atom is 0.116 e. The van der Waals surface area contributed by atoms with E-state index in [9.17, 15) is 0 Å².